The van der Waals surface area contributed by atoms with Gasteiger partial charge in [-0.1, -0.05) is 22.0 Å². The lowest BCUT2D eigenvalue weighted by molar-refractivity contribution is -0.117. The van der Waals surface area contributed by atoms with Crippen molar-refractivity contribution in [3.63, 3.8) is 0 Å². The number of carbonyl (C=O) groups excluding carboxylic acids is 1. The Morgan fingerprint density at radius 3 is 3.00 bits per heavy atom. The maximum absolute atomic E-state index is 11.8. The lowest BCUT2D eigenvalue weighted by Gasteiger charge is -2.16. The van der Waals surface area contributed by atoms with Crippen LogP contribution in [0.4, 0.5) is 5.69 Å². The molecule has 1 aromatic carbocycles. The molecule has 2 rings (SSSR count). The van der Waals surface area contributed by atoms with E-state index in [1.165, 1.54) is 0 Å². The first-order valence-corrected chi connectivity index (χ1v) is 6.23. The number of nitriles is 1. The van der Waals surface area contributed by atoms with Crippen molar-refractivity contribution in [2.75, 3.05) is 16.8 Å². The van der Waals surface area contributed by atoms with Crippen molar-refractivity contribution in [3.8, 4) is 6.07 Å². The first-order chi connectivity index (χ1) is 7.74. The van der Waals surface area contributed by atoms with E-state index in [-0.39, 0.29) is 5.91 Å². The van der Waals surface area contributed by atoms with E-state index in [0.717, 1.165) is 17.6 Å². The normalized spacial score (nSPS) is 19.9. The van der Waals surface area contributed by atoms with Crippen molar-refractivity contribution in [2.45, 2.75) is 6.42 Å². The summed E-state index contributed by atoms with van der Waals surface area (Å²) in [6, 6.07) is 9.26. The summed E-state index contributed by atoms with van der Waals surface area (Å²) in [5.41, 5.74) is 1.42. The molecule has 16 heavy (non-hydrogen) atoms. The van der Waals surface area contributed by atoms with Gasteiger partial charge in [0.15, 0.2) is 0 Å². The average molecular weight is 279 g/mol. The molecule has 1 aliphatic rings. The highest BCUT2D eigenvalue weighted by atomic mass is 79.9. The number of nitrogens with zero attached hydrogens (tertiary/aromatic N) is 2. The molecule has 4 heteroatoms. The van der Waals surface area contributed by atoms with Gasteiger partial charge in [0.2, 0.25) is 5.91 Å². The average Bonchev–Trinajstić information content (AvgIpc) is 2.71. The molecule has 0 aromatic heterocycles. The molecule has 3 nitrogen and oxygen atoms in total. The second kappa shape index (κ2) is 4.67. The zero-order chi connectivity index (χ0) is 11.5. The minimum Gasteiger partial charge on any atom is -0.312 e. The van der Waals surface area contributed by atoms with E-state index in [2.05, 4.69) is 22.0 Å². The van der Waals surface area contributed by atoms with Crippen LogP contribution >= 0.6 is 15.9 Å². The fraction of sp³-hybridized carbons (Fsp3) is 0.333. The third-order valence-electron chi connectivity index (χ3n) is 2.71. The van der Waals surface area contributed by atoms with Crippen LogP contribution in [0.5, 0.6) is 0 Å². The summed E-state index contributed by atoms with van der Waals surface area (Å²) in [7, 11) is 0. The molecule has 1 unspecified atom stereocenters. The maximum atomic E-state index is 11.8. The molecule has 1 saturated heterocycles. The molecular formula is C12H11BrN2O. The monoisotopic (exact) mass is 278 g/mol. The smallest absolute Gasteiger partial charge is 0.227 e. The van der Waals surface area contributed by atoms with Gasteiger partial charge >= 0.3 is 0 Å². The number of rotatable bonds is 2. The third kappa shape index (κ3) is 2.10. The molecule has 0 saturated carbocycles. The highest BCUT2D eigenvalue weighted by Gasteiger charge is 2.29. The van der Waals surface area contributed by atoms with Crippen molar-refractivity contribution in [2.24, 2.45) is 5.92 Å². The second-order valence-corrected chi connectivity index (χ2v) is 4.54. The van der Waals surface area contributed by atoms with Crippen LogP contribution in [0.3, 0.4) is 0 Å². The summed E-state index contributed by atoms with van der Waals surface area (Å²) in [6.45, 7) is 0.735. The summed E-state index contributed by atoms with van der Waals surface area (Å²) >= 11 is 3.40. The Morgan fingerprint density at radius 2 is 2.38 bits per heavy atom. The molecule has 1 aromatic rings. The first-order valence-electron chi connectivity index (χ1n) is 5.11. The van der Waals surface area contributed by atoms with Gasteiger partial charge < -0.3 is 4.90 Å². The Morgan fingerprint density at radius 1 is 1.56 bits per heavy atom. The second-order valence-electron chi connectivity index (χ2n) is 3.89. The van der Waals surface area contributed by atoms with Crippen LogP contribution in [0, 0.1) is 17.2 Å². The zero-order valence-electron chi connectivity index (χ0n) is 8.69. The molecule has 0 aliphatic carbocycles. The molecule has 0 bridgehead atoms. The van der Waals surface area contributed by atoms with Crippen LogP contribution in [0.2, 0.25) is 0 Å². The summed E-state index contributed by atoms with van der Waals surface area (Å²) in [5.74, 6) is 0.512. The molecule has 1 aliphatic heterocycles. The topological polar surface area (TPSA) is 44.1 Å². The Hall–Kier alpha value is -1.34. The molecular weight excluding hydrogens is 268 g/mol. The number of benzene rings is 1. The van der Waals surface area contributed by atoms with E-state index < -0.39 is 0 Å². The maximum Gasteiger partial charge on any atom is 0.227 e. The van der Waals surface area contributed by atoms with Gasteiger partial charge in [-0.3, -0.25) is 4.79 Å². The molecule has 1 atom stereocenters. The highest BCUT2D eigenvalue weighted by Crippen LogP contribution is 2.26. The summed E-state index contributed by atoms with van der Waals surface area (Å²) < 4.78 is 0. The largest absolute Gasteiger partial charge is 0.312 e. The molecule has 1 amide bonds. The van der Waals surface area contributed by atoms with Crippen LogP contribution in [0.25, 0.3) is 0 Å². The third-order valence-corrected chi connectivity index (χ3v) is 3.63. The number of carbonyl (C=O) groups is 1. The van der Waals surface area contributed by atoms with Crippen LogP contribution in [-0.4, -0.2) is 17.8 Å². The highest BCUT2D eigenvalue weighted by molar-refractivity contribution is 9.09. The van der Waals surface area contributed by atoms with Crippen LogP contribution < -0.4 is 4.90 Å². The standard InChI is InChI=1S/C12H11BrN2O/c13-6-10-5-12(16)15(8-10)11-3-1-2-9(4-11)7-14/h1-4,10H,5-6,8H2. The Labute approximate surface area is 103 Å². The van der Waals surface area contributed by atoms with Gasteiger partial charge in [0.1, 0.15) is 0 Å². The van der Waals surface area contributed by atoms with Crippen LogP contribution in [0.1, 0.15) is 12.0 Å². The van der Waals surface area contributed by atoms with Crippen LogP contribution in [0.15, 0.2) is 24.3 Å². The first kappa shape index (κ1) is 11.2. The van der Waals surface area contributed by atoms with Crippen molar-refractivity contribution in [1.82, 2.24) is 0 Å². The van der Waals surface area contributed by atoms with Crippen molar-refractivity contribution >= 4 is 27.5 Å². The van der Waals surface area contributed by atoms with Gasteiger partial charge in [0, 0.05) is 24.0 Å². The summed E-state index contributed by atoms with van der Waals surface area (Å²) in [6.07, 6.45) is 0.585. The van der Waals surface area contributed by atoms with Gasteiger partial charge in [0.05, 0.1) is 11.6 Å². The predicted octanol–water partition coefficient (Wildman–Crippen LogP) is 2.31. The minimum absolute atomic E-state index is 0.138. The summed E-state index contributed by atoms with van der Waals surface area (Å²) in [4.78, 5) is 13.5. The predicted molar refractivity (Wildman–Crippen MR) is 65.4 cm³/mol. The number of hydrogen-bond donors (Lipinski definition) is 0. The van der Waals surface area contributed by atoms with E-state index in [1.54, 1.807) is 17.0 Å². The van der Waals surface area contributed by atoms with E-state index in [0.29, 0.717) is 17.9 Å². The fourth-order valence-corrected chi connectivity index (χ4v) is 2.31. The quantitative estimate of drug-likeness (QED) is 0.780. The van der Waals surface area contributed by atoms with E-state index in [4.69, 9.17) is 5.26 Å². The van der Waals surface area contributed by atoms with Gasteiger partial charge in [-0.25, -0.2) is 0 Å². The van der Waals surface area contributed by atoms with Gasteiger partial charge in [-0.05, 0) is 24.1 Å². The Kier molecular flexibility index (Phi) is 3.25. The lowest BCUT2D eigenvalue weighted by atomic mass is 10.1. The molecule has 1 fully saturated rings. The number of alkyl halides is 1. The van der Waals surface area contributed by atoms with E-state index in [9.17, 15) is 4.79 Å². The van der Waals surface area contributed by atoms with Gasteiger partial charge in [-0.15, -0.1) is 0 Å². The molecule has 0 radical (unpaired) electrons. The fourth-order valence-electron chi connectivity index (χ4n) is 1.88. The molecule has 0 spiro atoms. The van der Waals surface area contributed by atoms with Crippen molar-refractivity contribution < 1.29 is 4.79 Å². The lowest BCUT2D eigenvalue weighted by Crippen LogP contribution is -2.24. The Balaban J connectivity index is 2.25. The van der Waals surface area contributed by atoms with Crippen LogP contribution in [-0.2, 0) is 4.79 Å². The molecule has 1 heterocycles. The van der Waals surface area contributed by atoms with Crippen molar-refractivity contribution in [3.05, 3.63) is 29.8 Å². The van der Waals surface area contributed by atoms with Crippen molar-refractivity contribution in [1.29, 1.82) is 5.26 Å². The zero-order valence-corrected chi connectivity index (χ0v) is 10.3. The Bertz CT molecular complexity index is 453. The van der Waals surface area contributed by atoms with E-state index >= 15 is 0 Å². The number of amides is 1. The van der Waals surface area contributed by atoms with Gasteiger partial charge in [0.25, 0.3) is 0 Å². The molecule has 0 N–H and O–H groups in total. The molecule has 82 valence electrons. The number of halogens is 1. The number of hydrogen-bond acceptors (Lipinski definition) is 2. The van der Waals surface area contributed by atoms with Gasteiger partial charge in [-0.2, -0.15) is 5.26 Å². The number of anilines is 1. The van der Waals surface area contributed by atoms with E-state index in [1.807, 2.05) is 12.1 Å². The SMILES string of the molecule is N#Cc1cccc(N2CC(CBr)CC2=O)c1. The summed E-state index contributed by atoms with van der Waals surface area (Å²) in [5, 5.41) is 9.65. The minimum atomic E-state index is 0.138.